The Bertz CT molecular complexity index is 519. The third-order valence-electron chi connectivity index (χ3n) is 3.61. The van der Waals surface area contributed by atoms with E-state index in [-0.39, 0.29) is 5.54 Å². The molecule has 98 valence electrons. The summed E-state index contributed by atoms with van der Waals surface area (Å²) in [5.41, 5.74) is 7.79. The second-order valence-corrected chi connectivity index (χ2v) is 4.76. The third-order valence-corrected chi connectivity index (χ3v) is 3.61. The van der Waals surface area contributed by atoms with Crippen LogP contribution in [0.5, 0.6) is 0 Å². The Balaban J connectivity index is 2.31. The van der Waals surface area contributed by atoms with Crippen LogP contribution >= 0.6 is 0 Å². The van der Waals surface area contributed by atoms with Gasteiger partial charge in [-0.3, -0.25) is 0 Å². The zero-order chi connectivity index (χ0) is 13.2. The molecular weight excluding hydrogens is 226 g/mol. The second kappa shape index (κ2) is 4.94. The lowest BCUT2D eigenvalue weighted by Crippen LogP contribution is -2.44. The molecule has 0 unspecified atom stereocenters. The maximum atomic E-state index is 5.87. The maximum absolute atomic E-state index is 5.87. The molecule has 2 aromatic rings. The molecule has 2 heterocycles. The maximum Gasteiger partial charge on any atom is 0.243 e. The molecular formula is C13H21N5. The molecule has 0 aliphatic rings. The molecule has 2 aromatic heterocycles. The standard InChI is InChI=1S/C13H21N5/c1-4-13(5-2,9-14)16-12-15-11-8-10(3)6-7-18(11)17-12/h6-8H,4-5,9,14H2,1-3H3,(H,16,17). The highest BCUT2D eigenvalue weighted by Gasteiger charge is 2.25. The number of hydrogen-bond donors (Lipinski definition) is 2. The molecule has 0 saturated heterocycles. The van der Waals surface area contributed by atoms with Gasteiger partial charge in [0.15, 0.2) is 5.65 Å². The summed E-state index contributed by atoms with van der Waals surface area (Å²) in [6.07, 6.45) is 3.83. The third kappa shape index (κ3) is 2.31. The van der Waals surface area contributed by atoms with Crippen molar-refractivity contribution in [1.82, 2.24) is 14.6 Å². The number of hydrogen-bond acceptors (Lipinski definition) is 4. The fourth-order valence-corrected chi connectivity index (χ4v) is 2.04. The number of nitrogens with two attached hydrogens (primary N) is 1. The van der Waals surface area contributed by atoms with Crippen LogP contribution in [0.15, 0.2) is 18.3 Å². The van der Waals surface area contributed by atoms with E-state index < -0.39 is 0 Å². The van der Waals surface area contributed by atoms with Crippen LogP contribution in [0, 0.1) is 6.92 Å². The van der Waals surface area contributed by atoms with Gasteiger partial charge in [-0.15, -0.1) is 5.10 Å². The largest absolute Gasteiger partial charge is 0.346 e. The first kappa shape index (κ1) is 12.8. The molecule has 0 fully saturated rings. The van der Waals surface area contributed by atoms with Crippen molar-refractivity contribution in [2.24, 2.45) is 5.73 Å². The Morgan fingerprint density at radius 2 is 2.11 bits per heavy atom. The summed E-state index contributed by atoms with van der Waals surface area (Å²) in [5, 5.41) is 7.80. The molecule has 5 heteroatoms. The molecule has 0 saturated carbocycles. The van der Waals surface area contributed by atoms with Crippen LogP contribution in [0.25, 0.3) is 5.65 Å². The van der Waals surface area contributed by atoms with Gasteiger partial charge in [0, 0.05) is 12.7 Å². The van der Waals surface area contributed by atoms with E-state index in [0.29, 0.717) is 12.5 Å². The minimum absolute atomic E-state index is 0.111. The summed E-state index contributed by atoms with van der Waals surface area (Å²) in [6, 6.07) is 4.03. The van der Waals surface area contributed by atoms with E-state index >= 15 is 0 Å². The zero-order valence-corrected chi connectivity index (χ0v) is 11.3. The molecule has 0 spiro atoms. The lowest BCUT2D eigenvalue weighted by atomic mass is 9.93. The molecule has 3 N–H and O–H groups in total. The minimum atomic E-state index is -0.111. The zero-order valence-electron chi connectivity index (χ0n) is 11.3. The molecule has 18 heavy (non-hydrogen) atoms. The molecule has 0 aliphatic carbocycles. The van der Waals surface area contributed by atoms with Crippen molar-refractivity contribution in [2.45, 2.75) is 39.2 Å². The average molecular weight is 247 g/mol. The average Bonchev–Trinajstić information content (AvgIpc) is 2.77. The van der Waals surface area contributed by atoms with Gasteiger partial charge in [0.2, 0.25) is 5.95 Å². The lowest BCUT2D eigenvalue weighted by molar-refractivity contribution is 0.442. The van der Waals surface area contributed by atoms with Gasteiger partial charge in [0.05, 0.1) is 5.54 Å². The summed E-state index contributed by atoms with van der Waals surface area (Å²) in [5.74, 6) is 0.648. The van der Waals surface area contributed by atoms with Gasteiger partial charge in [-0.1, -0.05) is 13.8 Å². The van der Waals surface area contributed by atoms with Crippen LogP contribution < -0.4 is 11.1 Å². The highest BCUT2D eigenvalue weighted by atomic mass is 15.4. The first-order valence-corrected chi connectivity index (χ1v) is 6.44. The number of rotatable bonds is 5. The quantitative estimate of drug-likeness (QED) is 0.847. The number of anilines is 1. The Kier molecular flexibility index (Phi) is 3.52. The van der Waals surface area contributed by atoms with E-state index in [2.05, 4.69) is 29.2 Å². The molecule has 0 atom stereocenters. The summed E-state index contributed by atoms with van der Waals surface area (Å²) < 4.78 is 1.78. The van der Waals surface area contributed by atoms with Crippen LogP contribution in [0.4, 0.5) is 5.95 Å². The van der Waals surface area contributed by atoms with Crippen LogP contribution in [0.3, 0.4) is 0 Å². The van der Waals surface area contributed by atoms with E-state index in [0.717, 1.165) is 18.5 Å². The molecule has 2 rings (SSSR count). The van der Waals surface area contributed by atoms with Gasteiger partial charge in [-0.25, -0.2) is 4.52 Å². The predicted molar refractivity (Wildman–Crippen MR) is 73.7 cm³/mol. The van der Waals surface area contributed by atoms with Crippen molar-refractivity contribution in [3.05, 3.63) is 23.9 Å². The first-order chi connectivity index (χ1) is 8.62. The van der Waals surface area contributed by atoms with Crippen molar-refractivity contribution in [3.8, 4) is 0 Å². The number of nitrogens with one attached hydrogen (secondary N) is 1. The van der Waals surface area contributed by atoms with Gasteiger partial charge in [0.25, 0.3) is 0 Å². The van der Waals surface area contributed by atoms with Gasteiger partial charge >= 0.3 is 0 Å². The minimum Gasteiger partial charge on any atom is -0.346 e. The fraction of sp³-hybridized carbons (Fsp3) is 0.538. The number of fused-ring (bicyclic) bond motifs is 1. The summed E-state index contributed by atoms with van der Waals surface area (Å²) in [4.78, 5) is 4.49. The molecule has 0 amide bonds. The summed E-state index contributed by atoms with van der Waals surface area (Å²) >= 11 is 0. The summed E-state index contributed by atoms with van der Waals surface area (Å²) in [7, 11) is 0. The molecule has 5 nitrogen and oxygen atoms in total. The van der Waals surface area contributed by atoms with Crippen LogP contribution in [-0.4, -0.2) is 26.7 Å². The number of nitrogens with zero attached hydrogens (tertiary/aromatic N) is 3. The number of aryl methyl sites for hydroxylation is 1. The van der Waals surface area contributed by atoms with E-state index in [9.17, 15) is 0 Å². The van der Waals surface area contributed by atoms with E-state index in [1.165, 1.54) is 5.56 Å². The number of aromatic nitrogens is 3. The van der Waals surface area contributed by atoms with E-state index in [4.69, 9.17) is 5.73 Å². The van der Waals surface area contributed by atoms with Crippen LogP contribution in [0.2, 0.25) is 0 Å². The van der Waals surface area contributed by atoms with Crippen molar-refractivity contribution < 1.29 is 0 Å². The smallest absolute Gasteiger partial charge is 0.243 e. The Morgan fingerprint density at radius 1 is 1.39 bits per heavy atom. The van der Waals surface area contributed by atoms with Gasteiger partial charge in [-0.05, 0) is 37.5 Å². The SMILES string of the molecule is CCC(CC)(CN)Nc1nc2cc(C)ccn2n1. The lowest BCUT2D eigenvalue weighted by Gasteiger charge is -2.30. The topological polar surface area (TPSA) is 68.2 Å². The van der Waals surface area contributed by atoms with Crippen LogP contribution in [0.1, 0.15) is 32.3 Å². The summed E-state index contributed by atoms with van der Waals surface area (Å²) in [6.45, 7) is 6.88. The van der Waals surface area contributed by atoms with Gasteiger partial charge in [0.1, 0.15) is 0 Å². The van der Waals surface area contributed by atoms with E-state index in [1.807, 2.05) is 25.3 Å². The van der Waals surface area contributed by atoms with E-state index in [1.54, 1.807) is 4.52 Å². The fourth-order valence-electron chi connectivity index (χ4n) is 2.04. The van der Waals surface area contributed by atoms with Crippen molar-refractivity contribution in [1.29, 1.82) is 0 Å². The predicted octanol–water partition coefficient (Wildman–Crippen LogP) is 1.97. The van der Waals surface area contributed by atoms with Crippen molar-refractivity contribution >= 4 is 11.6 Å². The Labute approximate surface area is 107 Å². The monoisotopic (exact) mass is 247 g/mol. The van der Waals surface area contributed by atoms with Gasteiger partial charge < -0.3 is 11.1 Å². The molecule has 0 aromatic carbocycles. The normalized spacial score (nSPS) is 12.0. The molecule has 0 bridgehead atoms. The Hall–Kier alpha value is -1.62. The van der Waals surface area contributed by atoms with Crippen molar-refractivity contribution in [2.75, 3.05) is 11.9 Å². The molecule has 0 radical (unpaired) electrons. The second-order valence-electron chi connectivity index (χ2n) is 4.76. The number of pyridine rings is 1. The van der Waals surface area contributed by atoms with Crippen molar-refractivity contribution in [3.63, 3.8) is 0 Å². The van der Waals surface area contributed by atoms with Crippen LogP contribution in [-0.2, 0) is 0 Å². The highest BCUT2D eigenvalue weighted by Crippen LogP contribution is 2.19. The highest BCUT2D eigenvalue weighted by molar-refractivity contribution is 5.46. The Morgan fingerprint density at radius 3 is 2.72 bits per heavy atom. The molecule has 0 aliphatic heterocycles. The first-order valence-electron chi connectivity index (χ1n) is 6.44. The van der Waals surface area contributed by atoms with Gasteiger partial charge in [-0.2, -0.15) is 4.98 Å².